The molecule has 1 aliphatic rings. The number of morpholine rings is 1. The van der Waals surface area contributed by atoms with Gasteiger partial charge in [-0.1, -0.05) is 0 Å². The van der Waals surface area contributed by atoms with Crippen LogP contribution in [0.4, 0.5) is 0 Å². The van der Waals surface area contributed by atoms with E-state index in [4.69, 9.17) is 4.74 Å². The molecular formula is C12H19BrN2OS. The highest BCUT2D eigenvalue weighted by molar-refractivity contribution is 9.11. The molecule has 0 spiro atoms. The third-order valence-electron chi connectivity index (χ3n) is 2.80. The standard InChI is InChI=1S/C12H19BrN2OS/c1-14(2)7-10-8-15(5-6-16-10)9-11-3-4-12(13)17-11/h3-4,10H,5-9H2,1-2H3. The zero-order chi connectivity index (χ0) is 12.3. The second-order valence-electron chi connectivity index (χ2n) is 4.70. The molecule has 1 saturated heterocycles. The fourth-order valence-corrected chi connectivity index (χ4v) is 3.62. The Kier molecular flexibility index (Phi) is 4.99. The van der Waals surface area contributed by atoms with E-state index in [0.29, 0.717) is 6.10 Å². The number of nitrogens with zero attached hydrogens (tertiary/aromatic N) is 2. The van der Waals surface area contributed by atoms with Gasteiger partial charge in [0.2, 0.25) is 0 Å². The summed E-state index contributed by atoms with van der Waals surface area (Å²) in [5.74, 6) is 0. The van der Waals surface area contributed by atoms with Gasteiger partial charge in [0, 0.05) is 31.1 Å². The smallest absolute Gasteiger partial charge is 0.0829 e. The summed E-state index contributed by atoms with van der Waals surface area (Å²) in [4.78, 5) is 6.09. The van der Waals surface area contributed by atoms with Gasteiger partial charge in [0.15, 0.2) is 0 Å². The molecule has 1 aromatic heterocycles. The van der Waals surface area contributed by atoms with Crippen molar-refractivity contribution in [1.82, 2.24) is 9.80 Å². The van der Waals surface area contributed by atoms with Crippen molar-refractivity contribution in [3.63, 3.8) is 0 Å². The molecule has 0 bridgehead atoms. The Morgan fingerprint density at radius 3 is 3.00 bits per heavy atom. The molecule has 2 rings (SSSR count). The topological polar surface area (TPSA) is 15.7 Å². The zero-order valence-electron chi connectivity index (χ0n) is 10.4. The maximum atomic E-state index is 5.77. The predicted octanol–water partition coefficient (Wildman–Crippen LogP) is 2.27. The molecule has 1 unspecified atom stereocenters. The molecule has 3 nitrogen and oxygen atoms in total. The van der Waals surface area contributed by atoms with E-state index in [1.807, 2.05) is 11.3 Å². The molecule has 1 fully saturated rings. The van der Waals surface area contributed by atoms with Gasteiger partial charge in [0.25, 0.3) is 0 Å². The van der Waals surface area contributed by atoms with E-state index < -0.39 is 0 Å². The summed E-state index contributed by atoms with van der Waals surface area (Å²) >= 11 is 5.33. The van der Waals surface area contributed by atoms with Gasteiger partial charge in [-0.15, -0.1) is 11.3 Å². The Labute approximate surface area is 115 Å². The van der Waals surface area contributed by atoms with Gasteiger partial charge in [-0.2, -0.15) is 0 Å². The lowest BCUT2D eigenvalue weighted by atomic mass is 10.2. The second kappa shape index (κ2) is 6.29. The molecular weight excluding hydrogens is 300 g/mol. The third-order valence-corrected chi connectivity index (χ3v) is 4.41. The molecule has 0 aliphatic carbocycles. The first-order valence-corrected chi connectivity index (χ1v) is 7.47. The number of hydrogen-bond donors (Lipinski definition) is 0. The van der Waals surface area contributed by atoms with E-state index >= 15 is 0 Å². The summed E-state index contributed by atoms with van der Waals surface area (Å²) in [6, 6.07) is 4.32. The fourth-order valence-electron chi connectivity index (χ4n) is 2.10. The molecule has 5 heteroatoms. The van der Waals surface area contributed by atoms with Crippen LogP contribution in [0.15, 0.2) is 15.9 Å². The average Bonchev–Trinajstić information content (AvgIpc) is 2.63. The lowest BCUT2D eigenvalue weighted by molar-refractivity contribution is -0.0404. The summed E-state index contributed by atoms with van der Waals surface area (Å²) in [5.41, 5.74) is 0. The number of hydrogen-bond acceptors (Lipinski definition) is 4. The van der Waals surface area contributed by atoms with Crippen LogP contribution in [-0.4, -0.2) is 56.2 Å². The van der Waals surface area contributed by atoms with E-state index in [-0.39, 0.29) is 0 Å². The highest BCUT2D eigenvalue weighted by Crippen LogP contribution is 2.23. The van der Waals surface area contributed by atoms with Crippen LogP contribution in [0.3, 0.4) is 0 Å². The van der Waals surface area contributed by atoms with Crippen molar-refractivity contribution in [2.75, 3.05) is 40.3 Å². The average molecular weight is 319 g/mol. The van der Waals surface area contributed by atoms with Gasteiger partial charge < -0.3 is 9.64 Å². The van der Waals surface area contributed by atoms with Gasteiger partial charge in [0.05, 0.1) is 16.5 Å². The monoisotopic (exact) mass is 318 g/mol. The molecule has 1 aliphatic heterocycles. The second-order valence-corrected chi connectivity index (χ2v) is 7.24. The zero-order valence-corrected chi connectivity index (χ0v) is 12.8. The van der Waals surface area contributed by atoms with Crippen LogP contribution in [0.1, 0.15) is 4.88 Å². The van der Waals surface area contributed by atoms with Crippen LogP contribution >= 0.6 is 27.3 Å². The fraction of sp³-hybridized carbons (Fsp3) is 0.667. The molecule has 0 N–H and O–H groups in total. The van der Waals surface area contributed by atoms with Gasteiger partial charge >= 0.3 is 0 Å². The number of halogens is 1. The summed E-state index contributed by atoms with van der Waals surface area (Å²) in [6.45, 7) is 4.98. The largest absolute Gasteiger partial charge is 0.374 e. The van der Waals surface area contributed by atoms with Gasteiger partial charge in [-0.25, -0.2) is 0 Å². The minimum atomic E-state index is 0.349. The molecule has 17 heavy (non-hydrogen) atoms. The van der Waals surface area contributed by atoms with E-state index in [1.165, 1.54) is 8.66 Å². The van der Waals surface area contributed by atoms with Crippen molar-refractivity contribution >= 4 is 27.3 Å². The van der Waals surface area contributed by atoms with Crippen LogP contribution in [0.5, 0.6) is 0 Å². The highest BCUT2D eigenvalue weighted by atomic mass is 79.9. The van der Waals surface area contributed by atoms with Crippen molar-refractivity contribution in [1.29, 1.82) is 0 Å². The van der Waals surface area contributed by atoms with Crippen LogP contribution in [0.2, 0.25) is 0 Å². The van der Waals surface area contributed by atoms with Gasteiger partial charge in [0.1, 0.15) is 0 Å². The van der Waals surface area contributed by atoms with Gasteiger partial charge in [-0.05, 0) is 42.2 Å². The maximum Gasteiger partial charge on any atom is 0.0829 e. The van der Waals surface area contributed by atoms with Crippen molar-refractivity contribution in [2.45, 2.75) is 12.6 Å². The molecule has 0 aromatic carbocycles. The quantitative estimate of drug-likeness (QED) is 0.847. The van der Waals surface area contributed by atoms with E-state index in [0.717, 1.165) is 32.8 Å². The highest BCUT2D eigenvalue weighted by Gasteiger charge is 2.21. The summed E-state index contributed by atoms with van der Waals surface area (Å²) in [6.07, 6.45) is 0.349. The van der Waals surface area contributed by atoms with Crippen LogP contribution < -0.4 is 0 Å². The summed E-state index contributed by atoms with van der Waals surface area (Å²) in [5, 5.41) is 0. The first kappa shape index (κ1) is 13.5. The third kappa shape index (κ3) is 4.34. The first-order valence-electron chi connectivity index (χ1n) is 5.86. The molecule has 1 aromatic rings. The molecule has 0 amide bonds. The number of rotatable bonds is 4. The molecule has 2 heterocycles. The van der Waals surface area contributed by atoms with E-state index in [1.54, 1.807) is 0 Å². The Bertz CT molecular complexity index is 356. The minimum Gasteiger partial charge on any atom is -0.374 e. The van der Waals surface area contributed by atoms with E-state index in [9.17, 15) is 0 Å². The lowest BCUT2D eigenvalue weighted by Gasteiger charge is -2.33. The lowest BCUT2D eigenvalue weighted by Crippen LogP contribution is -2.45. The van der Waals surface area contributed by atoms with Crippen LogP contribution in [-0.2, 0) is 11.3 Å². The van der Waals surface area contributed by atoms with Crippen molar-refractivity contribution < 1.29 is 4.74 Å². The minimum absolute atomic E-state index is 0.349. The Balaban J connectivity index is 1.85. The number of ether oxygens (including phenoxy) is 1. The molecule has 0 radical (unpaired) electrons. The van der Waals surface area contributed by atoms with Crippen LogP contribution in [0.25, 0.3) is 0 Å². The maximum absolute atomic E-state index is 5.77. The van der Waals surface area contributed by atoms with E-state index in [2.05, 4.69) is 52.0 Å². The van der Waals surface area contributed by atoms with Crippen molar-refractivity contribution in [3.05, 3.63) is 20.8 Å². The SMILES string of the molecule is CN(C)CC1CN(Cc2ccc(Br)s2)CCO1. The molecule has 96 valence electrons. The number of thiophene rings is 1. The normalized spacial score (nSPS) is 22.2. The summed E-state index contributed by atoms with van der Waals surface area (Å²) in [7, 11) is 4.19. The number of likely N-dealkylation sites (N-methyl/N-ethyl adjacent to an activating group) is 1. The van der Waals surface area contributed by atoms with Crippen molar-refractivity contribution in [2.24, 2.45) is 0 Å². The molecule has 1 atom stereocenters. The predicted molar refractivity (Wildman–Crippen MR) is 75.6 cm³/mol. The van der Waals surface area contributed by atoms with Gasteiger partial charge in [-0.3, -0.25) is 4.90 Å². The van der Waals surface area contributed by atoms with Crippen molar-refractivity contribution in [3.8, 4) is 0 Å². The Morgan fingerprint density at radius 1 is 1.53 bits per heavy atom. The first-order chi connectivity index (χ1) is 8.13. The van der Waals surface area contributed by atoms with Crippen LogP contribution in [0, 0.1) is 0 Å². The molecule has 0 saturated carbocycles. The summed E-state index contributed by atoms with van der Waals surface area (Å²) < 4.78 is 6.99. The Hall–Kier alpha value is 0.0600. The Morgan fingerprint density at radius 2 is 2.35 bits per heavy atom.